The zero-order valence-corrected chi connectivity index (χ0v) is 16.0. The molecule has 0 unspecified atom stereocenters. The van der Waals surface area contributed by atoms with Crippen LogP contribution in [0.25, 0.3) is 32.8 Å². The Morgan fingerprint density at radius 3 is 2.67 bits per heavy atom. The SMILES string of the molecule is O=C(CCc1nc2ccccc2o1)OCc1cc(=O)oc2ccc3ccccc3c12. The van der Waals surface area contributed by atoms with Crippen LogP contribution >= 0.6 is 0 Å². The highest BCUT2D eigenvalue weighted by Crippen LogP contribution is 2.27. The Bertz CT molecular complexity index is 1410. The molecule has 3 aromatic carbocycles. The third kappa shape index (κ3) is 3.43. The van der Waals surface area contributed by atoms with Crippen LogP contribution in [0.15, 0.2) is 80.4 Å². The van der Waals surface area contributed by atoms with Crippen molar-refractivity contribution < 1.29 is 18.4 Å². The molecule has 0 aliphatic heterocycles. The number of carbonyl (C=O) groups excluding carboxylic acids is 1. The molecule has 2 heterocycles. The van der Waals surface area contributed by atoms with Gasteiger partial charge in [0.2, 0.25) is 0 Å². The zero-order valence-electron chi connectivity index (χ0n) is 16.0. The summed E-state index contributed by atoms with van der Waals surface area (Å²) in [5, 5.41) is 2.73. The Morgan fingerprint density at radius 1 is 0.933 bits per heavy atom. The van der Waals surface area contributed by atoms with Crippen molar-refractivity contribution in [2.75, 3.05) is 0 Å². The van der Waals surface area contributed by atoms with E-state index in [4.69, 9.17) is 13.6 Å². The van der Waals surface area contributed by atoms with E-state index in [1.165, 1.54) is 6.07 Å². The first-order valence-electron chi connectivity index (χ1n) is 9.62. The Hall–Kier alpha value is -3.93. The predicted molar refractivity (Wildman–Crippen MR) is 112 cm³/mol. The number of hydrogen-bond acceptors (Lipinski definition) is 6. The maximum atomic E-state index is 12.3. The van der Waals surface area contributed by atoms with E-state index in [1.807, 2.05) is 54.6 Å². The van der Waals surface area contributed by atoms with Crippen molar-refractivity contribution in [3.63, 3.8) is 0 Å². The fourth-order valence-corrected chi connectivity index (χ4v) is 3.60. The number of benzene rings is 3. The van der Waals surface area contributed by atoms with Crippen molar-refractivity contribution in [2.24, 2.45) is 0 Å². The van der Waals surface area contributed by atoms with E-state index in [-0.39, 0.29) is 19.0 Å². The summed E-state index contributed by atoms with van der Waals surface area (Å²) in [5.41, 5.74) is 2.06. The number of carbonyl (C=O) groups is 1. The van der Waals surface area contributed by atoms with Gasteiger partial charge in [-0.25, -0.2) is 9.78 Å². The second kappa shape index (κ2) is 7.48. The van der Waals surface area contributed by atoms with E-state index in [2.05, 4.69) is 4.98 Å². The molecule has 5 aromatic rings. The maximum absolute atomic E-state index is 12.3. The van der Waals surface area contributed by atoms with Crippen LogP contribution < -0.4 is 5.63 Å². The Balaban J connectivity index is 1.34. The third-order valence-electron chi connectivity index (χ3n) is 4.98. The summed E-state index contributed by atoms with van der Waals surface area (Å²) in [6.07, 6.45) is 0.473. The summed E-state index contributed by atoms with van der Waals surface area (Å²) in [4.78, 5) is 28.6. The van der Waals surface area contributed by atoms with Crippen molar-refractivity contribution >= 4 is 38.8 Å². The minimum atomic E-state index is -0.477. The van der Waals surface area contributed by atoms with Gasteiger partial charge in [0.05, 0.1) is 6.42 Å². The van der Waals surface area contributed by atoms with Crippen LogP contribution in [0.1, 0.15) is 17.9 Å². The molecule has 6 nitrogen and oxygen atoms in total. The molecule has 0 aliphatic rings. The molecule has 2 aromatic heterocycles. The summed E-state index contributed by atoms with van der Waals surface area (Å²) >= 11 is 0. The van der Waals surface area contributed by atoms with Gasteiger partial charge in [0.15, 0.2) is 11.5 Å². The number of para-hydroxylation sites is 2. The highest BCUT2D eigenvalue weighted by atomic mass is 16.5. The van der Waals surface area contributed by atoms with Crippen molar-refractivity contribution in [1.29, 1.82) is 0 Å². The lowest BCUT2D eigenvalue weighted by molar-refractivity contribution is -0.144. The van der Waals surface area contributed by atoms with Gasteiger partial charge in [0.25, 0.3) is 0 Å². The smallest absolute Gasteiger partial charge is 0.336 e. The van der Waals surface area contributed by atoms with E-state index >= 15 is 0 Å². The molecule has 148 valence electrons. The van der Waals surface area contributed by atoms with Crippen molar-refractivity contribution in [3.8, 4) is 0 Å². The van der Waals surface area contributed by atoms with Crippen molar-refractivity contribution in [2.45, 2.75) is 19.4 Å². The normalized spacial score (nSPS) is 11.3. The molecule has 0 atom stereocenters. The standard InChI is InChI=1S/C24H17NO5/c26-22(12-11-21-25-18-7-3-4-8-19(18)29-21)28-14-16-13-23(27)30-20-10-9-15-5-1-2-6-17(15)24(16)20/h1-10,13H,11-12,14H2. The molecule has 30 heavy (non-hydrogen) atoms. The molecule has 0 N–H and O–H groups in total. The molecule has 0 fully saturated rings. The molecular weight excluding hydrogens is 382 g/mol. The lowest BCUT2D eigenvalue weighted by atomic mass is 10.0. The van der Waals surface area contributed by atoms with E-state index in [0.29, 0.717) is 29.0 Å². The van der Waals surface area contributed by atoms with Crippen LogP contribution in [0.4, 0.5) is 0 Å². The molecule has 0 spiro atoms. The minimum absolute atomic E-state index is 0.0114. The highest BCUT2D eigenvalue weighted by molar-refractivity contribution is 6.07. The first-order chi connectivity index (χ1) is 14.7. The van der Waals surface area contributed by atoms with Gasteiger partial charge in [0.1, 0.15) is 17.7 Å². The Kier molecular flexibility index (Phi) is 4.52. The molecule has 6 heteroatoms. The molecule has 0 amide bonds. The van der Waals surface area contributed by atoms with Gasteiger partial charge in [-0.3, -0.25) is 4.79 Å². The van der Waals surface area contributed by atoms with Crippen LogP contribution in [-0.4, -0.2) is 11.0 Å². The second-order valence-corrected chi connectivity index (χ2v) is 6.99. The van der Waals surface area contributed by atoms with Crippen molar-refractivity contribution in [1.82, 2.24) is 4.98 Å². The monoisotopic (exact) mass is 399 g/mol. The maximum Gasteiger partial charge on any atom is 0.336 e. The number of ether oxygens (including phenoxy) is 1. The minimum Gasteiger partial charge on any atom is -0.461 e. The Labute approximate surface area is 170 Å². The number of fused-ring (bicyclic) bond motifs is 4. The first kappa shape index (κ1) is 18.1. The number of oxazole rings is 1. The molecule has 0 radical (unpaired) electrons. The molecule has 0 aliphatic carbocycles. The average molecular weight is 399 g/mol. The third-order valence-corrected chi connectivity index (χ3v) is 4.98. The van der Waals surface area contributed by atoms with E-state index in [1.54, 1.807) is 6.07 Å². The fraction of sp³-hybridized carbons (Fsp3) is 0.125. The van der Waals surface area contributed by atoms with Gasteiger partial charge in [0, 0.05) is 23.4 Å². The number of aromatic nitrogens is 1. The van der Waals surface area contributed by atoms with Gasteiger partial charge < -0.3 is 13.6 Å². The molecule has 0 saturated heterocycles. The number of esters is 1. The van der Waals surface area contributed by atoms with E-state index in [9.17, 15) is 9.59 Å². The van der Waals surface area contributed by atoms with Gasteiger partial charge in [-0.15, -0.1) is 0 Å². The number of rotatable bonds is 5. The second-order valence-electron chi connectivity index (χ2n) is 6.99. The molecule has 5 rings (SSSR count). The Morgan fingerprint density at radius 2 is 1.77 bits per heavy atom. The van der Waals surface area contributed by atoms with Crippen LogP contribution in [0, 0.1) is 0 Å². The molecule has 0 saturated carbocycles. The average Bonchev–Trinajstić information content (AvgIpc) is 3.18. The predicted octanol–water partition coefficient (Wildman–Crippen LogP) is 4.76. The number of hydrogen-bond donors (Lipinski definition) is 0. The van der Waals surface area contributed by atoms with Gasteiger partial charge in [-0.05, 0) is 29.0 Å². The van der Waals surface area contributed by atoms with Crippen LogP contribution in [-0.2, 0) is 22.6 Å². The highest BCUT2D eigenvalue weighted by Gasteiger charge is 2.13. The summed E-state index contributed by atoms with van der Waals surface area (Å²) in [5.74, 6) is 0.101. The first-order valence-corrected chi connectivity index (χ1v) is 9.62. The lowest BCUT2D eigenvalue weighted by Gasteiger charge is -2.09. The summed E-state index contributed by atoms with van der Waals surface area (Å²) in [6.45, 7) is -0.0114. The van der Waals surface area contributed by atoms with Crippen molar-refractivity contribution in [3.05, 3.63) is 88.6 Å². The van der Waals surface area contributed by atoms with Crippen LogP contribution in [0.5, 0.6) is 0 Å². The summed E-state index contributed by atoms with van der Waals surface area (Å²) in [7, 11) is 0. The van der Waals surface area contributed by atoms with E-state index in [0.717, 1.165) is 21.7 Å². The zero-order chi connectivity index (χ0) is 20.5. The van der Waals surface area contributed by atoms with Gasteiger partial charge in [-0.2, -0.15) is 0 Å². The topological polar surface area (TPSA) is 82.5 Å². The lowest BCUT2D eigenvalue weighted by Crippen LogP contribution is -2.08. The van der Waals surface area contributed by atoms with Gasteiger partial charge in [-0.1, -0.05) is 42.5 Å². The summed E-state index contributed by atoms with van der Waals surface area (Å²) < 4.78 is 16.4. The fourth-order valence-electron chi connectivity index (χ4n) is 3.60. The number of aryl methyl sites for hydroxylation is 1. The number of nitrogens with zero attached hydrogens (tertiary/aromatic N) is 1. The quantitative estimate of drug-likeness (QED) is 0.241. The van der Waals surface area contributed by atoms with Crippen LogP contribution in [0.3, 0.4) is 0 Å². The molecule has 0 bridgehead atoms. The van der Waals surface area contributed by atoms with E-state index < -0.39 is 5.63 Å². The molecular formula is C24H17NO5. The summed E-state index contributed by atoms with van der Waals surface area (Å²) in [6, 6.07) is 20.3. The van der Waals surface area contributed by atoms with Crippen LogP contribution in [0.2, 0.25) is 0 Å². The van der Waals surface area contributed by atoms with Gasteiger partial charge >= 0.3 is 11.6 Å². The largest absolute Gasteiger partial charge is 0.461 e.